The minimum absolute atomic E-state index is 0.0353. The van der Waals surface area contributed by atoms with Crippen LogP contribution in [0.1, 0.15) is 50.2 Å². The number of sulfonamides is 1. The summed E-state index contributed by atoms with van der Waals surface area (Å²) in [4.78, 5) is 28.4. The van der Waals surface area contributed by atoms with Gasteiger partial charge in [-0.15, -0.1) is 0 Å². The molecule has 1 saturated carbocycles. The van der Waals surface area contributed by atoms with E-state index in [1.807, 2.05) is 0 Å². The van der Waals surface area contributed by atoms with Crippen molar-refractivity contribution >= 4 is 39.1 Å². The van der Waals surface area contributed by atoms with Gasteiger partial charge in [-0.1, -0.05) is 67.3 Å². The van der Waals surface area contributed by atoms with Gasteiger partial charge in [-0.05, 0) is 67.8 Å². The van der Waals surface area contributed by atoms with E-state index in [1.54, 1.807) is 37.3 Å². The van der Waals surface area contributed by atoms with Gasteiger partial charge in [-0.3, -0.25) is 13.9 Å². The largest absolute Gasteiger partial charge is 0.416 e. The summed E-state index contributed by atoms with van der Waals surface area (Å²) in [5.41, 5.74) is -0.814. The van der Waals surface area contributed by atoms with Crippen LogP contribution in [-0.4, -0.2) is 43.8 Å². The Morgan fingerprint density at radius 1 is 0.953 bits per heavy atom. The third-order valence-electron chi connectivity index (χ3n) is 7.43. The van der Waals surface area contributed by atoms with Crippen molar-refractivity contribution in [2.24, 2.45) is 0 Å². The minimum atomic E-state index is -4.74. The molecule has 4 rings (SSSR count). The molecule has 1 atom stereocenters. The molecule has 7 nitrogen and oxygen atoms in total. The van der Waals surface area contributed by atoms with Crippen LogP contribution in [0.4, 0.5) is 18.9 Å². The van der Waals surface area contributed by atoms with E-state index < -0.39 is 46.2 Å². The Bertz CT molecular complexity index is 1530. The number of anilines is 1. The zero-order valence-electron chi connectivity index (χ0n) is 23.6. The molecular weight excluding hydrogens is 603 g/mol. The number of rotatable bonds is 10. The summed E-state index contributed by atoms with van der Waals surface area (Å²) in [5.74, 6) is -1.18. The topological polar surface area (TPSA) is 86.8 Å². The predicted molar refractivity (Wildman–Crippen MR) is 159 cm³/mol. The van der Waals surface area contributed by atoms with Gasteiger partial charge in [-0.2, -0.15) is 13.2 Å². The third-order valence-corrected chi connectivity index (χ3v) is 9.46. The number of hydrogen-bond donors (Lipinski definition) is 1. The number of benzene rings is 3. The third kappa shape index (κ3) is 8.29. The van der Waals surface area contributed by atoms with Crippen molar-refractivity contribution in [1.82, 2.24) is 10.2 Å². The van der Waals surface area contributed by atoms with Crippen LogP contribution in [0.25, 0.3) is 0 Å². The summed E-state index contributed by atoms with van der Waals surface area (Å²) in [7, 11) is -4.50. The van der Waals surface area contributed by atoms with Gasteiger partial charge in [0.15, 0.2) is 0 Å². The second-order valence-electron chi connectivity index (χ2n) is 10.5. The molecule has 0 unspecified atom stereocenters. The molecule has 0 saturated heterocycles. The van der Waals surface area contributed by atoms with Gasteiger partial charge >= 0.3 is 6.18 Å². The first kappa shape index (κ1) is 32.3. The Balaban J connectivity index is 1.71. The molecule has 43 heavy (non-hydrogen) atoms. The molecule has 230 valence electrons. The van der Waals surface area contributed by atoms with E-state index >= 15 is 0 Å². The Labute approximate surface area is 254 Å². The van der Waals surface area contributed by atoms with Gasteiger partial charge in [-0.25, -0.2) is 8.42 Å². The SMILES string of the molecule is C[C@H](C(=O)NC1CCCCC1)N(Cc1cccc(Cl)c1)C(=O)CN(c1cccc(C(F)(F)F)c1)S(=O)(=O)c1ccccc1. The van der Waals surface area contributed by atoms with Gasteiger partial charge < -0.3 is 10.2 Å². The van der Waals surface area contributed by atoms with Crippen molar-refractivity contribution in [3.63, 3.8) is 0 Å². The lowest BCUT2D eigenvalue weighted by Gasteiger charge is -2.33. The molecule has 0 spiro atoms. The van der Waals surface area contributed by atoms with Crippen LogP contribution in [0.15, 0.2) is 83.8 Å². The number of alkyl halides is 3. The van der Waals surface area contributed by atoms with Crippen LogP contribution in [0.2, 0.25) is 5.02 Å². The highest BCUT2D eigenvalue weighted by atomic mass is 35.5. The van der Waals surface area contributed by atoms with E-state index in [-0.39, 0.29) is 23.2 Å². The van der Waals surface area contributed by atoms with Gasteiger partial charge in [0, 0.05) is 17.6 Å². The van der Waals surface area contributed by atoms with Gasteiger partial charge in [0.1, 0.15) is 12.6 Å². The number of carbonyl (C=O) groups excluding carboxylic acids is 2. The monoisotopic (exact) mass is 635 g/mol. The fraction of sp³-hybridized carbons (Fsp3) is 0.355. The van der Waals surface area contributed by atoms with E-state index in [1.165, 1.54) is 35.2 Å². The van der Waals surface area contributed by atoms with E-state index in [9.17, 15) is 31.2 Å². The maximum atomic E-state index is 14.0. The number of hydrogen-bond acceptors (Lipinski definition) is 4. The summed E-state index contributed by atoms with van der Waals surface area (Å²) in [6.45, 7) is 0.613. The molecule has 0 aromatic heterocycles. The lowest BCUT2D eigenvalue weighted by Crippen LogP contribution is -2.53. The Morgan fingerprint density at radius 2 is 1.63 bits per heavy atom. The van der Waals surface area contributed by atoms with Gasteiger partial charge in [0.2, 0.25) is 11.8 Å². The molecule has 1 fully saturated rings. The predicted octanol–water partition coefficient (Wildman–Crippen LogP) is 6.42. The molecule has 0 heterocycles. The highest BCUT2D eigenvalue weighted by Gasteiger charge is 2.35. The fourth-order valence-corrected chi connectivity index (χ4v) is 6.71. The molecule has 0 aliphatic heterocycles. The first-order valence-corrected chi connectivity index (χ1v) is 15.8. The first-order chi connectivity index (χ1) is 20.4. The molecule has 3 aromatic rings. The number of nitrogens with zero attached hydrogens (tertiary/aromatic N) is 2. The highest BCUT2D eigenvalue weighted by Crippen LogP contribution is 2.33. The maximum absolute atomic E-state index is 14.0. The highest BCUT2D eigenvalue weighted by molar-refractivity contribution is 7.92. The standard InChI is InChI=1S/C31H33ClF3N3O4S/c1-22(30(40)36-26-13-4-2-5-14-26)37(20-23-10-8-12-25(32)18-23)29(39)21-38(43(41,42)28-16-6-3-7-17-28)27-15-9-11-24(19-27)31(33,34)35/h3,6-12,15-19,22,26H,2,4-5,13-14,20-21H2,1H3,(H,36,40)/t22-/m1/s1. The smallest absolute Gasteiger partial charge is 0.352 e. The summed E-state index contributed by atoms with van der Waals surface area (Å²) in [5, 5.41) is 3.40. The van der Waals surface area contributed by atoms with Gasteiger partial charge in [0.25, 0.3) is 10.0 Å². The van der Waals surface area contributed by atoms with Crippen LogP contribution >= 0.6 is 11.6 Å². The molecule has 2 amide bonds. The normalized spacial score (nSPS) is 15.0. The molecular formula is C31H33ClF3N3O4S. The lowest BCUT2D eigenvalue weighted by molar-refractivity contribution is -0.139. The van der Waals surface area contributed by atoms with Crippen LogP contribution in [0.3, 0.4) is 0 Å². The minimum Gasteiger partial charge on any atom is -0.352 e. The van der Waals surface area contributed by atoms with Crippen LogP contribution in [0.5, 0.6) is 0 Å². The molecule has 0 bridgehead atoms. The molecule has 1 aliphatic rings. The summed E-state index contributed by atoms with van der Waals surface area (Å²) < 4.78 is 69.1. The van der Waals surface area contributed by atoms with Crippen molar-refractivity contribution in [2.75, 3.05) is 10.8 Å². The first-order valence-electron chi connectivity index (χ1n) is 14.0. The summed E-state index contributed by atoms with van der Waals surface area (Å²) in [6, 6.07) is 16.5. The van der Waals surface area contributed by atoms with E-state index in [0.717, 1.165) is 44.2 Å². The number of halogens is 4. The quantitative estimate of drug-likeness (QED) is 0.279. The zero-order chi connectivity index (χ0) is 31.2. The lowest BCUT2D eigenvalue weighted by atomic mass is 9.95. The maximum Gasteiger partial charge on any atom is 0.416 e. The average molecular weight is 636 g/mol. The van der Waals surface area contributed by atoms with Crippen molar-refractivity contribution in [1.29, 1.82) is 0 Å². The molecule has 12 heteroatoms. The van der Waals surface area contributed by atoms with Crippen molar-refractivity contribution < 1.29 is 31.2 Å². The van der Waals surface area contributed by atoms with Crippen LogP contribution < -0.4 is 9.62 Å². The number of carbonyl (C=O) groups is 2. The number of amides is 2. The van der Waals surface area contributed by atoms with Crippen molar-refractivity contribution in [3.05, 3.63) is 95.0 Å². The van der Waals surface area contributed by atoms with Crippen LogP contribution in [0, 0.1) is 0 Å². The number of nitrogens with one attached hydrogen (secondary N) is 1. The summed E-state index contributed by atoms with van der Waals surface area (Å²) in [6.07, 6.45) is -0.0602. The second-order valence-corrected chi connectivity index (χ2v) is 12.8. The molecule has 1 aliphatic carbocycles. The molecule has 0 radical (unpaired) electrons. The van der Waals surface area contributed by atoms with E-state index in [4.69, 9.17) is 11.6 Å². The van der Waals surface area contributed by atoms with E-state index in [2.05, 4.69) is 5.32 Å². The molecule has 1 N–H and O–H groups in total. The average Bonchev–Trinajstić information content (AvgIpc) is 2.98. The van der Waals surface area contributed by atoms with Crippen LogP contribution in [-0.2, 0) is 32.3 Å². The van der Waals surface area contributed by atoms with E-state index in [0.29, 0.717) is 21.0 Å². The zero-order valence-corrected chi connectivity index (χ0v) is 25.1. The van der Waals surface area contributed by atoms with Crippen molar-refractivity contribution in [2.45, 2.75) is 68.7 Å². The van der Waals surface area contributed by atoms with Gasteiger partial charge in [0.05, 0.1) is 16.1 Å². The molecule has 3 aromatic carbocycles. The Hall–Kier alpha value is -3.57. The Kier molecular flexibility index (Phi) is 10.4. The van der Waals surface area contributed by atoms with Crippen molar-refractivity contribution in [3.8, 4) is 0 Å². The Morgan fingerprint density at radius 3 is 2.28 bits per heavy atom. The fourth-order valence-electron chi connectivity index (χ4n) is 5.07. The second kappa shape index (κ2) is 13.8. The summed E-state index contributed by atoms with van der Waals surface area (Å²) >= 11 is 6.16.